The molecule has 0 unspecified atom stereocenters. The van der Waals surface area contributed by atoms with E-state index in [-0.39, 0.29) is 11.9 Å². The van der Waals surface area contributed by atoms with Crippen LogP contribution in [0.3, 0.4) is 0 Å². The standard InChI is InChI=1S/C13H17BrN2O2/c1-18-12-8-9(5-6-10(12)14)16-13(17)11-4-2-3-7-15-11/h5-6,8,11,15H,2-4,7H2,1H3,(H,16,17)/t11-/m1/s1. The van der Waals surface area contributed by atoms with Crippen molar-refractivity contribution in [2.45, 2.75) is 25.3 Å². The Balaban J connectivity index is 2.02. The molecule has 5 heteroatoms. The number of amides is 1. The number of ether oxygens (including phenoxy) is 1. The first-order valence-electron chi connectivity index (χ1n) is 6.08. The maximum absolute atomic E-state index is 12.0. The summed E-state index contributed by atoms with van der Waals surface area (Å²) in [5, 5.41) is 6.14. The van der Waals surface area contributed by atoms with Crippen LogP contribution in [0, 0.1) is 0 Å². The van der Waals surface area contributed by atoms with Gasteiger partial charge in [-0.25, -0.2) is 0 Å². The summed E-state index contributed by atoms with van der Waals surface area (Å²) in [6, 6.07) is 5.45. The highest BCUT2D eigenvalue weighted by Crippen LogP contribution is 2.28. The van der Waals surface area contributed by atoms with Gasteiger partial charge in [0.25, 0.3) is 0 Å². The molecule has 1 aliphatic heterocycles. The second-order valence-corrected chi connectivity index (χ2v) is 5.20. The number of halogens is 1. The maximum Gasteiger partial charge on any atom is 0.241 e. The van der Waals surface area contributed by atoms with Gasteiger partial charge < -0.3 is 15.4 Å². The molecule has 1 amide bonds. The summed E-state index contributed by atoms with van der Waals surface area (Å²) < 4.78 is 6.07. The maximum atomic E-state index is 12.0. The Labute approximate surface area is 115 Å². The van der Waals surface area contributed by atoms with Crippen molar-refractivity contribution in [3.8, 4) is 5.75 Å². The number of methoxy groups -OCH3 is 1. The van der Waals surface area contributed by atoms with Gasteiger partial charge in [0.2, 0.25) is 5.91 Å². The molecule has 1 aromatic rings. The van der Waals surface area contributed by atoms with Crippen LogP contribution < -0.4 is 15.4 Å². The number of carbonyl (C=O) groups is 1. The number of hydrogen-bond acceptors (Lipinski definition) is 3. The zero-order valence-corrected chi connectivity index (χ0v) is 11.9. The molecule has 0 aliphatic carbocycles. The molecule has 1 aromatic carbocycles. The van der Waals surface area contributed by atoms with Gasteiger partial charge in [0.15, 0.2) is 0 Å². The first-order valence-corrected chi connectivity index (χ1v) is 6.88. The summed E-state index contributed by atoms with van der Waals surface area (Å²) in [4.78, 5) is 12.0. The zero-order chi connectivity index (χ0) is 13.0. The van der Waals surface area contributed by atoms with E-state index in [1.165, 1.54) is 0 Å². The van der Waals surface area contributed by atoms with Crippen molar-refractivity contribution in [1.82, 2.24) is 5.32 Å². The molecule has 0 radical (unpaired) electrons. The zero-order valence-electron chi connectivity index (χ0n) is 10.3. The third kappa shape index (κ3) is 3.23. The fourth-order valence-electron chi connectivity index (χ4n) is 2.04. The molecule has 1 aliphatic rings. The monoisotopic (exact) mass is 312 g/mol. The van der Waals surface area contributed by atoms with Crippen LogP contribution in [0.5, 0.6) is 5.75 Å². The lowest BCUT2D eigenvalue weighted by molar-refractivity contribution is -0.118. The van der Waals surface area contributed by atoms with Crippen LogP contribution in [0.15, 0.2) is 22.7 Å². The molecule has 1 heterocycles. The Hall–Kier alpha value is -1.07. The fourth-order valence-corrected chi connectivity index (χ4v) is 2.45. The summed E-state index contributed by atoms with van der Waals surface area (Å²) in [5.74, 6) is 0.739. The summed E-state index contributed by atoms with van der Waals surface area (Å²) in [6.45, 7) is 0.918. The fraction of sp³-hybridized carbons (Fsp3) is 0.462. The van der Waals surface area contributed by atoms with Crippen LogP contribution in [0.4, 0.5) is 5.69 Å². The highest BCUT2D eigenvalue weighted by atomic mass is 79.9. The molecule has 18 heavy (non-hydrogen) atoms. The van der Waals surface area contributed by atoms with E-state index < -0.39 is 0 Å². The first kappa shape index (κ1) is 13.4. The lowest BCUT2D eigenvalue weighted by atomic mass is 10.0. The van der Waals surface area contributed by atoms with Gasteiger partial charge in [0.1, 0.15) is 5.75 Å². The quantitative estimate of drug-likeness (QED) is 0.901. The largest absolute Gasteiger partial charge is 0.495 e. The first-order chi connectivity index (χ1) is 8.70. The van der Waals surface area contributed by atoms with Gasteiger partial charge >= 0.3 is 0 Å². The van der Waals surface area contributed by atoms with Crippen molar-refractivity contribution in [3.05, 3.63) is 22.7 Å². The van der Waals surface area contributed by atoms with Crippen molar-refractivity contribution >= 4 is 27.5 Å². The van der Waals surface area contributed by atoms with Crippen molar-refractivity contribution < 1.29 is 9.53 Å². The number of piperidine rings is 1. The average molecular weight is 313 g/mol. The van der Waals surface area contributed by atoms with Crippen molar-refractivity contribution in [2.24, 2.45) is 0 Å². The van der Waals surface area contributed by atoms with Crippen LogP contribution in [-0.2, 0) is 4.79 Å². The highest BCUT2D eigenvalue weighted by molar-refractivity contribution is 9.10. The smallest absolute Gasteiger partial charge is 0.241 e. The third-order valence-corrected chi connectivity index (χ3v) is 3.70. The summed E-state index contributed by atoms with van der Waals surface area (Å²) in [7, 11) is 1.61. The minimum Gasteiger partial charge on any atom is -0.495 e. The molecule has 0 bridgehead atoms. The van der Waals surface area contributed by atoms with E-state index >= 15 is 0 Å². The minimum absolute atomic E-state index is 0.0269. The Morgan fingerprint density at radius 3 is 3.00 bits per heavy atom. The van der Waals surface area contributed by atoms with E-state index in [1.54, 1.807) is 7.11 Å². The molecule has 98 valence electrons. The van der Waals surface area contributed by atoms with E-state index in [0.717, 1.165) is 36.0 Å². The SMILES string of the molecule is COc1cc(NC(=O)[C@H]2CCCCN2)ccc1Br. The summed E-state index contributed by atoms with van der Waals surface area (Å²) >= 11 is 3.38. The number of carbonyl (C=O) groups excluding carboxylic acids is 1. The number of anilines is 1. The third-order valence-electron chi connectivity index (χ3n) is 3.05. The Bertz CT molecular complexity index is 431. The molecule has 0 spiro atoms. The van der Waals surface area contributed by atoms with Gasteiger partial charge in [-0.3, -0.25) is 4.79 Å². The van der Waals surface area contributed by atoms with Crippen LogP contribution in [0.25, 0.3) is 0 Å². The molecular formula is C13H17BrN2O2. The van der Waals surface area contributed by atoms with Gasteiger partial charge in [-0.1, -0.05) is 6.42 Å². The van der Waals surface area contributed by atoms with E-state index in [1.807, 2.05) is 18.2 Å². The van der Waals surface area contributed by atoms with E-state index in [4.69, 9.17) is 4.74 Å². The van der Waals surface area contributed by atoms with Crippen molar-refractivity contribution in [1.29, 1.82) is 0 Å². The van der Waals surface area contributed by atoms with E-state index in [0.29, 0.717) is 5.75 Å². The van der Waals surface area contributed by atoms with Crippen LogP contribution in [0.1, 0.15) is 19.3 Å². The van der Waals surface area contributed by atoms with Gasteiger partial charge in [-0.05, 0) is 47.4 Å². The lowest BCUT2D eigenvalue weighted by Crippen LogP contribution is -2.43. The molecule has 4 nitrogen and oxygen atoms in total. The second kappa shape index (κ2) is 6.20. The Kier molecular flexibility index (Phi) is 4.60. The Morgan fingerprint density at radius 2 is 2.33 bits per heavy atom. The molecule has 0 saturated carbocycles. The van der Waals surface area contributed by atoms with Gasteiger partial charge in [0, 0.05) is 11.8 Å². The van der Waals surface area contributed by atoms with Crippen molar-refractivity contribution in [3.63, 3.8) is 0 Å². The topological polar surface area (TPSA) is 50.4 Å². The van der Waals surface area contributed by atoms with Crippen molar-refractivity contribution in [2.75, 3.05) is 19.0 Å². The van der Waals surface area contributed by atoms with Gasteiger partial charge in [0.05, 0.1) is 17.6 Å². The van der Waals surface area contributed by atoms with Crippen LogP contribution in [0.2, 0.25) is 0 Å². The van der Waals surface area contributed by atoms with E-state index in [9.17, 15) is 4.79 Å². The molecule has 1 atom stereocenters. The minimum atomic E-state index is -0.0756. The molecule has 2 N–H and O–H groups in total. The molecule has 1 saturated heterocycles. The molecule has 1 fully saturated rings. The van der Waals surface area contributed by atoms with Crippen LogP contribution >= 0.6 is 15.9 Å². The Morgan fingerprint density at radius 1 is 1.50 bits per heavy atom. The predicted octanol–water partition coefficient (Wildman–Crippen LogP) is 2.54. The predicted molar refractivity (Wildman–Crippen MR) is 75.0 cm³/mol. The summed E-state index contributed by atoms with van der Waals surface area (Å²) in [5.41, 5.74) is 0.757. The van der Waals surface area contributed by atoms with Gasteiger partial charge in [-0.15, -0.1) is 0 Å². The number of nitrogens with one attached hydrogen (secondary N) is 2. The number of benzene rings is 1. The lowest BCUT2D eigenvalue weighted by Gasteiger charge is -2.22. The second-order valence-electron chi connectivity index (χ2n) is 4.34. The normalized spacial score (nSPS) is 19.3. The molecule has 2 rings (SSSR count). The average Bonchev–Trinajstić information content (AvgIpc) is 2.42. The summed E-state index contributed by atoms with van der Waals surface area (Å²) in [6.07, 6.45) is 3.16. The van der Waals surface area contributed by atoms with E-state index in [2.05, 4.69) is 26.6 Å². The highest BCUT2D eigenvalue weighted by Gasteiger charge is 2.20. The number of rotatable bonds is 3. The van der Waals surface area contributed by atoms with Gasteiger partial charge in [-0.2, -0.15) is 0 Å². The molecule has 0 aromatic heterocycles. The number of hydrogen-bond donors (Lipinski definition) is 2. The molecular weight excluding hydrogens is 296 g/mol. The van der Waals surface area contributed by atoms with Crippen LogP contribution in [-0.4, -0.2) is 25.6 Å².